The first kappa shape index (κ1) is 10.4. The van der Waals surface area contributed by atoms with E-state index in [2.05, 4.69) is 9.24 Å². The largest absolute Gasteiger partial charge is 0.133 e. The predicted octanol–water partition coefficient (Wildman–Crippen LogP) is 4.39. The Hall–Kier alpha value is 0.430. The maximum Gasteiger partial charge on any atom is -0.0151 e. The van der Waals surface area contributed by atoms with E-state index in [9.17, 15) is 0 Å². The van der Waals surface area contributed by atoms with Crippen LogP contribution in [0.3, 0.4) is 0 Å². The molecule has 4 bridgehead atoms. The number of hydrogen-bond acceptors (Lipinski definition) is 0. The monoisotopic (exact) mass is 236 g/mol. The van der Waals surface area contributed by atoms with Crippen molar-refractivity contribution in [3.63, 3.8) is 0 Å². The van der Waals surface area contributed by atoms with Gasteiger partial charge in [0.1, 0.15) is 0 Å². The molecule has 0 heterocycles. The summed E-state index contributed by atoms with van der Waals surface area (Å²) in [6, 6.07) is 0. The minimum Gasteiger partial charge on any atom is -0.133 e. The zero-order chi connectivity index (χ0) is 10.8. The summed E-state index contributed by atoms with van der Waals surface area (Å²) in [4.78, 5) is 0. The Kier molecular flexibility index (Phi) is 2.11. The van der Waals surface area contributed by atoms with Crippen LogP contribution in [0.1, 0.15) is 64.2 Å². The quantitative estimate of drug-likeness (QED) is 0.624. The second kappa shape index (κ2) is 3.25. The summed E-state index contributed by atoms with van der Waals surface area (Å²) in [6.45, 7) is 0. The van der Waals surface area contributed by atoms with Gasteiger partial charge in [-0.15, -0.1) is 9.24 Å². The molecule has 16 heavy (non-hydrogen) atoms. The van der Waals surface area contributed by atoms with Crippen LogP contribution in [0.15, 0.2) is 0 Å². The molecule has 1 atom stereocenters. The zero-order valence-corrected chi connectivity index (χ0v) is 11.5. The maximum absolute atomic E-state index is 3.35. The van der Waals surface area contributed by atoms with Crippen molar-refractivity contribution in [2.45, 2.75) is 69.9 Å². The van der Waals surface area contributed by atoms with Gasteiger partial charge in [-0.1, -0.05) is 0 Å². The van der Waals surface area contributed by atoms with Gasteiger partial charge in [-0.05, 0) is 92.5 Å². The van der Waals surface area contributed by atoms with Crippen LogP contribution in [0.4, 0.5) is 0 Å². The van der Waals surface area contributed by atoms with Gasteiger partial charge >= 0.3 is 0 Å². The molecule has 1 heteroatoms. The molecule has 0 N–H and O–H groups in total. The van der Waals surface area contributed by atoms with Crippen molar-refractivity contribution in [2.24, 2.45) is 22.7 Å². The maximum atomic E-state index is 3.35. The van der Waals surface area contributed by atoms with Crippen LogP contribution in [0.2, 0.25) is 0 Å². The molecule has 0 aliphatic heterocycles. The molecule has 4 fully saturated rings. The molecule has 4 aliphatic rings. The lowest BCUT2D eigenvalue weighted by molar-refractivity contribution is 0.151. The minimum absolute atomic E-state index is 0.786. The molecule has 0 aromatic rings. The summed E-state index contributed by atoms with van der Waals surface area (Å²) < 4.78 is 0. The fourth-order valence-electron chi connectivity index (χ4n) is 6.00. The van der Waals surface area contributed by atoms with E-state index in [1.54, 1.807) is 64.2 Å². The highest BCUT2D eigenvalue weighted by molar-refractivity contribution is 7.17. The summed E-state index contributed by atoms with van der Waals surface area (Å²) in [6.07, 6.45) is 15.7. The number of fused-ring (bicyclic) bond motifs is 4. The highest BCUT2D eigenvalue weighted by Crippen LogP contribution is 2.67. The van der Waals surface area contributed by atoms with E-state index in [4.69, 9.17) is 0 Å². The van der Waals surface area contributed by atoms with Crippen molar-refractivity contribution in [2.75, 3.05) is 0 Å². The Morgan fingerprint density at radius 2 is 1.12 bits per heavy atom. The lowest BCUT2D eigenvalue weighted by atomic mass is 9.67. The molecular formula is C15H25P. The van der Waals surface area contributed by atoms with E-state index in [0.717, 1.165) is 28.3 Å². The molecule has 0 aromatic heterocycles. The molecule has 0 aromatic carbocycles. The van der Waals surface area contributed by atoms with Gasteiger partial charge < -0.3 is 0 Å². The standard InChI is InChI=1S/C15H25P/c16-13(14-5-1-11(9-14)2-6-14)15-7-3-12(10-15)4-8-15/h11-13H,1-10,16H2. The van der Waals surface area contributed by atoms with Crippen LogP contribution in [0.25, 0.3) is 0 Å². The Morgan fingerprint density at radius 3 is 1.38 bits per heavy atom. The molecule has 0 nitrogen and oxygen atoms in total. The highest BCUT2D eigenvalue weighted by atomic mass is 31.0. The summed E-state index contributed by atoms with van der Waals surface area (Å²) >= 11 is 0. The fraction of sp³-hybridized carbons (Fsp3) is 1.00. The van der Waals surface area contributed by atoms with E-state index in [1.807, 2.05) is 0 Å². The normalized spacial score (nSPS) is 56.1. The highest BCUT2D eigenvalue weighted by Gasteiger charge is 2.57. The number of hydrogen-bond donors (Lipinski definition) is 0. The van der Waals surface area contributed by atoms with Crippen molar-refractivity contribution in [3.8, 4) is 0 Å². The van der Waals surface area contributed by atoms with E-state index in [-0.39, 0.29) is 0 Å². The van der Waals surface area contributed by atoms with E-state index >= 15 is 0 Å². The molecule has 0 spiro atoms. The average molecular weight is 236 g/mol. The molecular weight excluding hydrogens is 211 g/mol. The average Bonchev–Trinajstić information content (AvgIpc) is 3.08. The first-order valence-electron chi connectivity index (χ1n) is 7.48. The molecule has 0 radical (unpaired) electrons. The second-order valence-electron chi connectivity index (χ2n) is 7.50. The van der Waals surface area contributed by atoms with Crippen LogP contribution < -0.4 is 0 Å². The first-order chi connectivity index (χ1) is 7.73. The van der Waals surface area contributed by atoms with Gasteiger partial charge in [0.15, 0.2) is 0 Å². The Balaban J connectivity index is 1.63. The lowest BCUT2D eigenvalue weighted by Gasteiger charge is -2.45. The van der Waals surface area contributed by atoms with Crippen LogP contribution in [-0.2, 0) is 0 Å². The van der Waals surface area contributed by atoms with E-state index in [0.29, 0.717) is 0 Å². The SMILES string of the molecule is PC(C12CCC(CC1)C2)C12CCC(CC1)C2. The Morgan fingerprint density at radius 1 is 0.750 bits per heavy atom. The first-order valence-corrected chi connectivity index (χ1v) is 8.15. The summed E-state index contributed by atoms with van der Waals surface area (Å²) in [5, 5.41) is 0. The lowest BCUT2D eigenvalue weighted by Crippen LogP contribution is -2.39. The van der Waals surface area contributed by atoms with Gasteiger partial charge in [0.25, 0.3) is 0 Å². The van der Waals surface area contributed by atoms with Crippen molar-refractivity contribution in [1.82, 2.24) is 0 Å². The topological polar surface area (TPSA) is 0 Å². The van der Waals surface area contributed by atoms with Gasteiger partial charge in [0.05, 0.1) is 0 Å². The summed E-state index contributed by atoms with van der Waals surface area (Å²) in [5.74, 6) is 2.25. The molecule has 4 saturated carbocycles. The molecule has 90 valence electrons. The molecule has 4 rings (SSSR count). The van der Waals surface area contributed by atoms with Gasteiger partial charge in [-0.3, -0.25) is 0 Å². The van der Waals surface area contributed by atoms with Crippen molar-refractivity contribution < 1.29 is 0 Å². The third-order valence-electron chi connectivity index (χ3n) is 6.91. The Labute approximate surface area is 102 Å². The van der Waals surface area contributed by atoms with Gasteiger partial charge in [-0.25, -0.2) is 0 Å². The van der Waals surface area contributed by atoms with Crippen LogP contribution in [0, 0.1) is 22.7 Å². The molecule has 0 saturated heterocycles. The van der Waals surface area contributed by atoms with Crippen molar-refractivity contribution >= 4 is 9.24 Å². The zero-order valence-electron chi connectivity index (χ0n) is 10.4. The van der Waals surface area contributed by atoms with Gasteiger partial charge in [0.2, 0.25) is 0 Å². The fourth-order valence-corrected chi connectivity index (χ4v) is 6.94. The Bertz CT molecular complexity index is 263. The molecule has 1 unspecified atom stereocenters. The molecule has 4 aliphatic carbocycles. The van der Waals surface area contributed by atoms with Gasteiger partial charge in [0, 0.05) is 0 Å². The smallest absolute Gasteiger partial charge is 0.0151 e. The minimum atomic E-state index is 0.786. The van der Waals surface area contributed by atoms with Gasteiger partial charge in [-0.2, -0.15) is 0 Å². The van der Waals surface area contributed by atoms with Crippen LogP contribution in [-0.4, -0.2) is 5.66 Å². The number of rotatable bonds is 2. The third kappa shape index (κ3) is 1.21. The summed E-state index contributed by atoms with van der Waals surface area (Å²) in [5.41, 5.74) is 2.54. The summed E-state index contributed by atoms with van der Waals surface area (Å²) in [7, 11) is 3.35. The van der Waals surface area contributed by atoms with Crippen molar-refractivity contribution in [3.05, 3.63) is 0 Å². The van der Waals surface area contributed by atoms with Crippen molar-refractivity contribution in [1.29, 1.82) is 0 Å². The van der Waals surface area contributed by atoms with Crippen LogP contribution >= 0.6 is 9.24 Å². The van der Waals surface area contributed by atoms with E-state index in [1.165, 1.54) is 0 Å². The second-order valence-corrected chi connectivity index (χ2v) is 8.16. The third-order valence-corrected chi connectivity index (χ3v) is 8.33. The van der Waals surface area contributed by atoms with Crippen LogP contribution in [0.5, 0.6) is 0 Å². The molecule has 0 amide bonds. The predicted molar refractivity (Wildman–Crippen MR) is 71.5 cm³/mol. The van der Waals surface area contributed by atoms with E-state index < -0.39 is 0 Å².